The fourth-order valence-corrected chi connectivity index (χ4v) is 4.03. The summed E-state index contributed by atoms with van der Waals surface area (Å²) in [6, 6.07) is 15.8. The third kappa shape index (κ3) is 3.19. The third-order valence-corrected chi connectivity index (χ3v) is 5.41. The van der Waals surface area contributed by atoms with E-state index in [0.29, 0.717) is 19.6 Å². The van der Waals surface area contributed by atoms with Gasteiger partial charge in [-0.05, 0) is 41.8 Å². The van der Waals surface area contributed by atoms with Crippen LogP contribution >= 0.6 is 0 Å². The number of ether oxygens (including phenoxy) is 4. The van der Waals surface area contributed by atoms with E-state index < -0.39 is 0 Å². The second-order valence-corrected chi connectivity index (χ2v) is 6.99. The lowest BCUT2D eigenvalue weighted by atomic mass is 9.96. The van der Waals surface area contributed by atoms with Crippen LogP contribution in [0.2, 0.25) is 0 Å². The number of benzene rings is 2. The van der Waals surface area contributed by atoms with Crippen molar-refractivity contribution in [3.8, 4) is 11.5 Å². The van der Waals surface area contributed by atoms with Gasteiger partial charge in [0.2, 0.25) is 0 Å². The summed E-state index contributed by atoms with van der Waals surface area (Å²) in [6.45, 7) is 1.10. The molecule has 2 aromatic rings. The van der Waals surface area contributed by atoms with Gasteiger partial charge in [-0.1, -0.05) is 24.3 Å². The Hall–Kier alpha value is -2.12. The molecule has 1 N–H and O–H groups in total. The highest BCUT2D eigenvalue weighted by atomic mass is 16.6. The zero-order valence-electron chi connectivity index (χ0n) is 15.6. The smallest absolute Gasteiger partial charge is 0.139 e. The van der Waals surface area contributed by atoms with Gasteiger partial charge in [0.1, 0.15) is 24.0 Å². The Balaban J connectivity index is 1.73. The highest BCUT2D eigenvalue weighted by Crippen LogP contribution is 2.50. The number of hydrogen-bond donors (Lipinski definition) is 1. The first-order valence-electron chi connectivity index (χ1n) is 9.11. The lowest BCUT2D eigenvalue weighted by Gasteiger charge is -2.34. The molecule has 6 heteroatoms. The minimum Gasteiger partial charge on any atom is -0.497 e. The summed E-state index contributed by atoms with van der Waals surface area (Å²) in [5, 5.41) is 9.67. The van der Waals surface area contributed by atoms with E-state index in [2.05, 4.69) is 4.90 Å². The van der Waals surface area contributed by atoms with E-state index >= 15 is 0 Å². The summed E-state index contributed by atoms with van der Waals surface area (Å²) in [4.78, 5) is 2.24. The summed E-state index contributed by atoms with van der Waals surface area (Å²) in [5.41, 5.74) is 1.66. The number of nitrogens with zero attached hydrogens (tertiary/aromatic N) is 1. The molecule has 0 spiro atoms. The summed E-state index contributed by atoms with van der Waals surface area (Å²) in [5.74, 6) is 1.57. The van der Waals surface area contributed by atoms with Crippen LogP contribution in [0.1, 0.15) is 30.0 Å². The first-order chi connectivity index (χ1) is 13.2. The van der Waals surface area contributed by atoms with E-state index in [-0.39, 0.29) is 24.6 Å². The topological polar surface area (TPSA) is 60.4 Å². The van der Waals surface area contributed by atoms with Gasteiger partial charge in [0.15, 0.2) is 0 Å². The molecule has 0 amide bonds. The molecule has 2 aliphatic heterocycles. The fourth-order valence-electron chi connectivity index (χ4n) is 4.03. The van der Waals surface area contributed by atoms with E-state index in [0.717, 1.165) is 22.6 Å². The first-order valence-corrected chi connectivity index (χ1v) is 9.11. The van der Waals surface area contributed by atoms with Crippen LogP contribution in [-0.4, -0.2) is 49.6 Å². The van der Waals surface area contributed by atoms with Crippen LogP contribution in [0.15, 0.2) is 48.5 Å². The van der Waals surface area contributed by atoms with Gasteiger partial charge in [-0.25, -0.2) is 4.90 Å². The summed E-state index contributed by atoms with van der Waals surface area (Å²) in [7, 11) is 3.31. The van der Waals surface area contributed by atoms with Crippen molar-refractivity contribution < 1.29 is 24.1 Å². The average molecular weight is 371 g/mol. The molecule has 2 saturated heterocycles. The third-order valence-electron chi connectivity index (χ3n) is 5.41. The maximum Gasteiger partial charge on any atom is 0.139 e. The van der Waals surface area contributed by atoms with E-state index in [9.17, 15) is 5.11 Å². The van der Waals surface area contributed by atoms with Crippen molar-refractivity contribution in [2.24, 2.45) is 0 Å². The standard InChI is InChI=1S/C21H25NO5/c1-24-17-7-3-5-15(11-17)19-22-20(16-6-4-8-18(12-16)25-2)27-14-21(22,9-10-23)13-26-19/h3-8,11-12,19-20,23H,9-10,13-14H2,1-2H3/t19-,20?,21-/m0/s1. The Kier molecular flexibility index (Phi) is 5.06. The number of hydrogen-bond acceptors (Lipinski definition) is 6. The fraction of sp³-hybridized carbons (Fsp3) is 0.429. The quantitative estimate of drug-likeness (QED) is 0.843. The lowest BCUT2D eigenvalue weighted by molar-refractivity contribution is -0.0624. The van der Waals surface area contributed by atoms with Crippen LogP contribution in [0.25, 0.3) is 0 Å². The van der Waals surface area contributed by atoms with Crippen molar-refractivity contribution in [3.05, 3.63) is 59.7 Å². The van der Waals surface area contributed by atoms with Crippen LogP contribution in [-0.2, 0) is 9.47 Å². The number of aliphatic hydroxyl groups excluding tert-OH is 1. The van der Waals surface area contributed by atoms with Gasteiger partial charge in [-0.15, -0.1) is 0 Å². The molecule has 2 aliphatic rings. The molecule has 144 valence electrons. The van der Waals surface area contributed by atoms with Crippen LogP contribution in [0.5, 0.6) is 11.5 Å². The molecule has 0 bridgehead atoms. The molecular formula is C21H25NO5. The van der Waals surface area contributed by atoms with Crippen molar-refractivity contribution >= 4 is 0 Å². The van der Waals surface area contributed by atoms with Crippen molar-refractivity contribution in [3.63, 3.8) is 0 Å². The van der Waals surface area contributed by atoms with Gasteiger partial charge in [0.05, 0.1) is 33.0 Å². The summed E-state index contributed by atoms with van der Waals surface area (Å²) in [6.07, 6.45) is 0.0456. The van der Waals surface area contributed by atoms with E-state index in [1.807, 2.05) is 48.5 Å². The van der Waals surface area contributed by atoms with Crippen LogP contribution < -0.4 is 9.47 Å². The van der Waals surface area contributed by atoms with Gasteiger partial charge in [0.25, 0.3) is 0 Å². The number of rotatable bonds is 6. The van der Waals surface area contributed by atoms with E-state index in [1.165, 1.54) is 0 Å². The Morgan fingerprint density at radius 1 is 0.963 bits per heavy atom. The molecule has 1 unspecified atom stereocenters. The second kappa shape index (κ2) is 7.48. The Morgan fingerprint density at radius 3 is 1.93 bits per heavy atom. The minimum absolute atomic E-state index is 0.0822. The van der Waals surface area contributed by atoms with Gasteiger partial charge >= 0.3 is 0 Å². The highest BCUT2D eigenvalue weighted by molar-refractivity contribution is 5.34. The minimum atomic E-state index is -0.351. The van der Waals surface area contributed by atoms with Crippen LogP contribution in [0.4, 0.5) is 0 Å². The number of fused-ring (bicyclic) bond motifs is 1. The van der Waals surface area contributed by atoms with E-state index in [4.69, 9.17) is 18.9 Å². The zero-order valence-corrected chi connectivity index (χ0v) is 15.6. The molecular weight excluding hydrogens is 346 g/mol. The Labute approximate surface area is 159 Å². The first kappa shape index (κ1) is 18.3. The maximum absolute atomic E-state index is 9.67. The molecule has 0 radical (unpaired) electrons. The van der Waals surface area contributed by atoms with Crippen molar-refractivity contribution in [2.75, 3.05) is 34.0 Å². The van der Waals surface area contributed by atoms with Gasteiger partial charge in [-0.2, -0.15) is 0 Å². The molecule has 6 nitrogen and oxygen atoms in total. The van der Waals surface area contributed by atoms with E-state index in [1.54, 1.807) is 14.2 Å². The molecule has 2 aromatic carbocycles. The monoisotopic (exact) mass is 371 g/mol. The molecule has 27 heavy (non-hydrogen) atoms. The molecule has 0 aromatic heterocycles. The van der Waals surface area contributed by atoms with Gasteiger partial charge in [0, 0.05) is 6.61 Å². The largest absolute Gasteiger partial charge is 0.497 e. The summed E-state index contributed by atoms with van der Waals surface area (Å²) < 4.78 is 23.2. The number of aliphatic hydroxyl groups is 1. The normalized spacial score (nSPS) is 27.5. The SMILES string of the molecule is COc1cccc(C2OC[C@]3(CCO)CO[C@@H](c4cccc(OC)c4)N23)c1. The molecule has 0 aliphatic carbocycles. The van der Waals surface area contributed by atoms with Crippen LogP contribution in [0, 0.1) is 0 Å². The highest BCUT2D eigenvalue weighted by Gasteiger charge is 2.56. The average Bonchev–Trinajstić information content (AvgIpc) is 3.25. The maximum atomic E-state index is 9.67. The molecule has 2 fully saturated rings. The molecule has 2 heterocycles. The molecule has 4 rings (SSSR count). The Morgan fingerprint density at radius 2 is 1.48 bits per heavy atom. The predicted molar refractivity (Wildman–Crippen MR) is 99.6 cm³/mol. The molecule has 0 saturated carbocycles. The zero-order chi connectivity index (χ0) is 18.9. The molecule has 3 atom stereocenters. The second-order valence-electron chi connectivity index (χ2n) is 6.99. The van der Waals surface area contributed by atoms with Crippen LogP contribution in [0.3, 0.4) is 0 Å². The van der Waals surface area contributed by atoms with Crippen molar-refractivity contribution in [1.82, 2.24) is 4.90 Å². The van der Waals surface area contributed by atoms with Crippen molar-refractivity contribution in [1.29, 1.82) is 0 Å². The summed E-state index contributed by atoms with van der Waals surface area (Å²) >= 11 is 0. The number of methoxy groups -OCH3 is 2. The predicted octanol–water partition coefficient (Wildman–Crippen LogP) is 2.88. The van der Waals surface area contributed by atoms with Crippen molar-refractivity contribution in [2.45, 2.75) is 24.4 Å². The Bertz CT molecular complexity index is 736. The van der Waals surface area contributed by atoms with Gasteiger partial charge < -0.3 is 24.1 Å². The van der Waals surface area contributed by atoms with Gasteiger partial charge in [-0.3, -0.25) is 0 Å². The lowest BCUT2D eigenvalue weighted by Crippen LogP contribution is -2.45.